The minimum absolute atomic E-state index is 0.519. The average molecular weight is 178 g/mol. The molecule has 0 aliphatic carbocycles. The van der Waals surface area contributed by atoms with Crippen LogP contribution in [0.4, 0.5) is 0 Å². The fourth-order valence-corrected chi connectivity index (χ4v) is 2.56. The van der Waals surface area contributed by atoms with Crippen molar-refractivity contribution in [2.75, 3.05) is 12.8 Å². The van der Waals surface area contributed by atoms with Gasteiger partial charge in [-0.2, -0.15) is 0 Å². The van der Waals surface area contributed by atoms with Gasteiger partial charge in [-0.05, 0) is 13.3 Å². The maximum Gasteiger partial charge on any atom is 0.163 e. The van der Waals surface area contributed by atoms with Gasteiger partial charge in [-0.1, -0.05) is 0 Å². The summed E-state index contributed by atoms with van der Waals surface area (Å²) in [6.45, 7) is 2.08. The number of likely N-dealkylation sites (tertiary alicyclic amines) is 1. The zero-order valence-corrected chi connectivity index (χ0v) is 7.47. The number of hydrogen-bond donors (Lipinski definition) is 0. The quantitative estimate of drug-likeness (QED) is 0.590. The maximum absolute atomic E-state index is 10.9. The summed E-state index contributed by atoms with van der Waals surface area (Å²) in [5, 5.41) is 10.3. The van der Waals surface area contributed by atoms with Crippen LogP contribution in [-0.2, 0) is 14.9 Å². The van der Waals surface area contributed by atoms with Gasteiger partial charge in [0.2, 0.25) is 0 Å². The van der Waals surface area contributed by atoms with Gasteiger partial charge in [0.25, 0.3) is 0 Å². The van der Waals surface area contributed by atoms with E-state index in [1.165, 1.54) is 18.1 Å². The summed E-state index contributed by atoms with van der Waals surface area (Å²) in [6, 6.07) is 0. The first-order chi connectivity index (χ1) is 4.93. The molecule has 2 unspecified atom stereocenters. The lowest BCUT2D eigenvalue weighted by atomic mass is 10.2. The summed E-state index contributed by atoms with van der Waals surface area (Å²) in [6.07, 6.45) is 0.876. The SMILES string of the molecule is CC([O])N1CCC1S(C)(=O)=O. The molecule has 0 aromatic carbocycles. The highest BCUT2D eigenvalue weighted by Gasteiger charge is 2.38. The van der Waals surface area contributed by atoms with Crippen molar-refractivity contribution in [3.05, 3.63) is 0 Å². The molecule has 0 saturated carbocycles. The van der Waals surface area contributed by atoms with Crippen LogP contribution >= 0.6 is 0 Å². The smallest absolute Gasteiger partial charge is 0.163 e. The van der Waals surface area contributed by atoms with Crippen molar-refractivity contribution in [1.29, 1.82) is 0 Å². The van der Waals surface area contributed by atoms with Gasteiger partial charge >= 0.3 is 0 Å². The minimum Gasteiger partial charge on any atom is -0.259 e. The number of nitrogens with zero attached hydrogens (tertiary/aromatic N) is 1. The molecule has 1 heterocycles. The Hall–Kier alpha value is -0.130. The third kappa shape index (κ3) is 1.72. The summed E-state index contributed by atoms with van der Waals surface area (Å²) in [5.74, 6) is 0. The Morgan fingerprint density at radius 2 is 2.09 bits per heavy atom. The molecule has 5 heteroatoms. The first-order valence-corrected chi connectivity index (χ1v) is 5.49. The van der Waals surface area contributed by atoms with Crippen LogP contribution in [0.3, 0.4) is 0 Å². The average Bonchev–Trinajstić information content (AvgIpc) is 1.51. The van der Waals surface area contributed by atoms with E-state index in [1.807, 2.05) is 0 Å². The van der Waals surface area contributed by atoms with Crippen LogP contribution in [0.25, 0.3) is 0 Å². The van der Waals surface area contributed by atoms with Gasteiger partial charge < -0.3 is 0 Å². The molecule has 2 atom stereocenters. The molecule has 1 saturated heterocycles. The van der Waals surface area contributed by atoms with Crippen LogP contribution in [0.15, 0.2) is 0 Å². The standard InChI is InChI=1S/C6H12NO3S/c1-5(8)7-4-3-6(7)11(2,9)10/h5-6H,3-4H2,1-2H3. The number of sulfone groups is 1. The molecular weight excluding hydrogens is 166 g/mol. The second-order valence-corrected chi connectivity index (χ2v) is 5.11. The molecule has 0 aromatic rings. The van der Waals surface area contributed by atoms with Crippen molar-refractivity contribution < 1.29 is 13.5 Å². The van der Waals surface area contributed by atoms with Gasteiger partial charge in [0.15, 0.2) is 9.84 Å². The fraction of sp³-hybridized carbons (Fsp3) is 1.00. The van der Waals surface area contributed by atoms with E-state index >= 15 is 0 Å². The highest BCUT2D eigenvalue weighted by molar-refractivity contribution is 7.91. The van der Waals surface area contributed by atoms with Gasteiger partial charge in [0, 0.05) is 12.8 Å². The van der Waals surface area contributed by atoms with E-state index in [0.29, 0.717) is 13.0 Å². The van der Waals surface area contributed by atoms with E-state index in [1.54, 1.807) is 0 Å². The summed E-state index contributed by atoms with van der Waals surface area (Å²) in [7, 11) is -3.03. The second kappa shape index (κ2) is 2.73. The molecular formula is C6H12NO3S. The van der Waals surface area contributed by atoms with Gasteiger partial charge in [0.05, 0.1) is 0 Å². The monoisotopic (exact) mass is 178 g/mol. The first-order valence-electron chi connectivity index (χ1n) is 3.53. The number of rotatable bonds is 2. The Labute approximate surface area is 66.7 Å². The van der Waals surface area contributed by atoms with E-state index < -0.39 is 21.4 Å². The van der Waals surface area contributed by atoms with Crippen molar-refractivity contribution in [2.24, 2.45) is 0 Å². The van der Waals surface area contributed by atoms with Crippen molar-refractivity contribution in [3.8, 4) is 0 Å². The molecule has 65 valence electrons. The molecule has 0 spiro atoms. The minimum atomic E-state index is -3.03. The summed E-state index contributed by atoms with van der Waals surface area (Å²) < 4.78 is 21.9. The lowest BCUT2D eigenvalue weighted by molar-refractivity contribution is -0.0776. The summed E-state index contributed by atoms with van der Waals surface area (Å²) >= 11 is 0. The van der Waals surface area contributed by atoms with Crippen molar-refractivity contribution in [1.82, 2.24) is 4.90 Å². The number of hydrogen-bond acceptors (Lipinski definition) is 3. The first kappa shape index (κ1) is 8.96. The molecule has 11 heavy (non-hydrogen) atoms. The predicted octanol–water partition coefficient (Wildman–Crippen LogP) is -0.161. The molecule has 4 nitrogen and oxygen atoms in total. The van der Waals surface area contributed by atoms with Crippen molar-refractivity contribution in [3.63, 3.8) is 0 Å². The predicted molar refractivity (Wildman–Crippen MR) is 40.1 cm³/mol. The maximum atomic E-state index is 10.9. The van der Waals surface area contributed by atoms with Crippen LogP contribution in [0, 0.1) is 0 Å². The lowest BCUT2D eigenvalue weighted by Gasteiger charge is -2.40. The zero-order chi connectivity index (χ0) is 8.65. The highest BCUT2D eigenvalue weighted by Crippen LogP contribution is 2.23. The Morgan fingerprint density at radius 3 is 2.18 bits per heavy atom. The Balaban J connectivity index is 2.65. The van der Waals surface area contributed by atoms with Gasteiger partial charge in [-0.15, -0.1) is 0 Å². The Bertz CT molecular complexity index is 234. The third-order valence-electron chi connectivity index (χ3n) is 1.97. The highest BCUT2D eigenvalue weighted by atomic mass is 32.2. The normalized spacial score (nSPS) is 29.5. The fourth-order valence-electron chi connectivity index (χ4n) is 1.26. The molecule has 1 aliphatic rings. The van der Waals surface area contributed by atoms with Crippen LogP contribution in [0.2, 0.25) is 0 Å². The van der Waals surface area contributed by atoms with Crippen LogP contribution in [0.5, 0.6) is 0 Å². The van der Waals surface area contributed by atoms with E-state index in [9.17, 15) is 13.5 Å². The molecule has 1 rings (SSSR count). The molecule has 0 bridgehead atoms. The summed E-state index contributed by atoms with van der Waals surface area (Å²) in [5.41, 5.74) is 0. The zero-order valence-electron chi connectivity index (χ0n) is 6.65. The van der Waals surface area contributed by atoms with E-state index in [4.69, 9.17) is 0 Å². The summed E-state index contributed by atoms with van der Waals surface area (Å²) in [4.78, 5) is 1.45. The van der Waals surface area contributed by atoms with Gasteiger partial charge in [0.1, 0.15) is 11.6 Å². The molecule has 0 N–H and O–H groups in total. The van der Waals surface area contributed by atoms with Gasteiger partial charge in [-0.3, -0.25) is 4.90 Å². The second-order valence-electron chi connectivity index (χ2n) is 2.91. The van der Waals surface area contributed by atoms with Crippen molar-refractivity contribution >= 4 is 9.84 Å². The molecule has 1 radical (unpaired) electrons. The van der Waals surface area contributed by atoms with E-state index in [2.05, 4.69) is 0 Å². The Kier molecular flexibility index (Phi) is 2.22. The van der Waals surface area contributed by atoms with E-state index in [0.717, 1.165) is 0 Å². The largest absolute Gasteiger partial charge is 0.259 e. The molecule has 0 aromatic heterocycles. The topological polar surface area (TPSA) is 57.3 Å². The molecule has 1 fully saturated rings. The van der Waals surface area contributed by atoms with Crippen LogP contribution in [-0.4, -0.2) is 37.7 Å². The third-order valence-corrected chi connectivity index (χ3v) is 3.46. The Morgan fingerprint density at radius 1 is 1.55 bits per heavy atom. The van der Waals surface area contributed by atoms with Gasteiger partial charge in [-0.25, -0.2) is 13.5 Å². The van der Waals surface area contributed by atoms with Crippen LogP contribution < -0.4 is 0 Å². The van der Waals surface area contributed by atoms with Crippen molar-refractivity contribution in [2.45, 2.75) is 24.9 Å². The molecule has 0 amide bonds. The molecule has 1 aliphatic heterocycles. The van der Waals surface area contributed by atoms with Crippen LogP contribution in [0.1, 0.15) is 13.3 Å². The lowest BCUT2D eigenvalue weighted by Crippen LogP contribution is -2.55. The van der Waals surface area contributed by atoms with E-state index in [-0.39, 0.29) is 0 Å².